The van der Waals surface area contributed by atoms with E-state index in [9.17, 15) is 10.2 Å². The van der Waals surface area contributed by atoms with Gasteiger partial charge in [-0.25, -0.2) is 0 Å². The Morgan fingerprint density at radius 2 is 0.769 bits per heavy atom. The van der Waals surface area contributed by atoms with Crippen LogP contribution in [-0.4, -0.2) is 10.2 Å². The first-order valence-electron chi connectivity index (χ1n) is 10.3. The smallest absolute Gasteiger partial charge is 0.115 e. The summed E-state index contributed by atoms with van der Waals surface area (Å²) in [4.78, 5) is 0. The first-order chi connectivity index (χ1) is 12.7. The minimum Gasteiger partial charge on any atom is -0.508 e. The van der Waals surface area contributed by atoms with Crippen LogP contribution in [0.25, 0.3) is 0 Å². The molecule has 2 N–H and O–H groups in total. The molecule has 140 valence electrons. The highest BCUT2D eigenvalue weighted by Crippen LogP contribution is 2.43. The summed E-state index contributed by atoms with van der Waals surface area (Å²) in [5.74, 6) is 0.644. The van der Waals surface area contributed by atoms with E-state index < -0.39 is 0 Å². The molecule has 2 nitrogen and oxygen atoms in total. The van der Waals surface area contributed by atoms with Gasteiger partial charge < -0.3 is 10.2 Å². The lowest BCUT2D eigenvalue weighted by Crippen LogP contribution is -2.28. The fourth-order valence-electron chi connectivity index (χ4n) is 4.52. The van der Waals surface area contributed by atoms with Gasteiger partial charge in [0.1, 0.15) is 11.5 Å². The van der Waals surface area contributed by atoms with Crippen LogP contribution in [0, 0.1) is 0 Å². The van der Waals surface area contributed by atoms with E-state index in [0.29, 0.717) is 11.5 Å². The van der Waals surface area contributed by atoms with Crippen molar-refractivity contribution in [2.75, 3.05) is 0 Å². The lowest BCUT2D eigenvalue weighted by Gasteiger charge is -2.36. The molecule has 1 fully saturated rings. The minimum absolute atomic E-state index is 0.0272. The monoisotopic (exact) mass is 352 g/mol. The fraction of sp³-hybridized carbons (Fsp3) is 0.500. The largest absolute Gasteiger partial charge is 0.508 e. The molecule has 0 atom stereocenters. The van der Waals surface area contributed by atoms with Crippen molar-refractivity contribution >= 4 is 0 Å². The first kappa shape index (κ1) is 18.8. The molecule has 2 heteroatoms. The van der Waals surface area contributed by atoms with E-state index in [1.54, 1.807) is 0 Å². The number of phenolic OH excluding ortho intramolecular Hbond substituents is 2. The van der Waals surface area contributed by atoms with Crippen molar-refractivity contribution < 1.29 is 10.2 Å². The van der Waals surface area contributed by atoms with Crippen molar-refractivity contribution in [2.24, 2.45) is 0 Å². The van der Waals surface area contributed by atoms with Crippen LogP contribution in [0.5, 0.6) is 11.5 Å². The Balaban J connectivity index is 1.97. The van der Waals surface area contributed by atoms with Gasteiger partial charge in [0.05, 0.1) is 0 Å². The highest BCUT2D eigenvalue weighted by molar-refractivity contribution is 5.43. The summed E-state index contributed by atoms with van der Waals surface area (Å²) in [6.07, 6.45) is 14.1. The van der Waals surface area contributed by atoms with Crippen LogP contribution in [0.2, 0.25) is 0 Å². The number of rotatable bonds is 2. The second-order valence-electron chi connectivity index (χ2n) is 7.86. The second kappa shape index (κ2) is 9.12. The fourth-order valence-corrected chi connectivity index (χ4v) is 4.52. The standard InChI is InChI=1S/C24H32O2/c25-22-14-10-20(11-15-22)24(21-12-16-23(26)17-13-21)18-8-6-4-2-1-3-5-7-9-19-24/h10-17,25-26H,1-9,18-19H2. The molecule has 0 spiro atoms. The number of phenols is 2. The molecule has 1 saturated carbocycles. The number of aromatic hydroxyl groups is 2. The molecule has 0 radical (unpaired) electrons. The lowest BCUT2D eigenvalue weighted by atomic mass is 9.67. The lowest BCUT2D eigenvalue weighted by molar-refractivity contribution is 0.381. The molecule has 0 aliphatic heterocycles. The van der Waals surface area contributed by atoms with E-state index in [-0.39, 0.29) is 5.41 Å². The summed E-state index contributed by atoms with van der Waals surface area (Å²) in [5.41, 5.74) is 2.55. The van der Waals surface area contributed by atoms with E-state index in [1.165, 1.54) is 68.9 Å². The maximum Gasteiger partial charge on any atom is 0.115 e. The van der Waals surface area contributed by atoms with Crippen molar-refractivity contribution in [1.29, 1.82) is 0 Å². The van der Waals surface area contributed by atoms with Crippen LogP contribution in [-0.2, 0) is 5.41 Å². The van der Waals surface area contributed by atoms with E-state index in [4.69, 9.17) is 0 Å². The maximum atomic E-state index is 9.76. The molecule has 0 aromatic heterocycles. The highest BCUT2D eigenvalue weighted by Gasteiger charge is 2.33. The van der Waals surface area contributed by atoms with Crippen LogP contribution in [0.4, 0.5) is 0 Å². The van der Waals surface area contributed by atoms with Crippen LogP contribution >= 0.6 is 0 Å². The summed E-state index contributed by atoms with van der Waals surface area (Å²) in [6, 6.07) is 15.6. The Bertz CT molecular complexity index is 598. The van der Waals surface area contributed by atoms with Gasteiger partial charge in [0.15, 0.2) is 0 Å². The average molecular weight is 353 g/mol. The van der Waals surface area contributed by atoms with Crippen molar-refractivity contribution in [2.45, 2.75) is 76.0 Å². The molecule has 1 aliphatic rings. The van der Waals surface area contributed by atoms with Crippen LogP contribution < -0.4 is 0 Å². The van der Waals surface area contributed by atoms with Gasteiger partial charge in [0, 0.05) is 5.41 Å². The van der Waals surface area contributed by atoms with E-state index >= 15 is 0 Å². The molecule has 0 amide bonds. The normalized spacial score (nSPS) is 19.2. The minimum atomic E-state index is -0.0272. The Morgan fingerprint density at radius 1 is 0.462 bits per heavy atom. The summed E-state index contributed by atoms with van der Waals surface area (Å²) in [6.45, 7) is 0. The van der Waals surface area contributed by atoms with Gasteiger partial charge in [-0.2, -0.15) is 0 Å². The third-order valence-corrected chi connectivity index (χ3v) is 6.05. The SMILES string of the molecule is Oc1ccc(C2(c3ccc(O)cc3)CCCCCCCCCCC2)cc1. The Labute approximate surface area is 157 Å². The summed E-state index contributed by atoms with van der Waals surface area (Å²) in [5, 5.41) is 19.5. The van der Waals surface area contributed by atoms with E-state index in [2.05, 4.69) is 24.3 Å². The molecule has 1 aliphatic carbocycles. The van der Waals surface area contributed by atoms with Crippen LogP contribution in [0.3, 0.4) is 0 Å². The molecule has 0 saturated heterocycles. The quantitative estimate of drug-likeness (QED) is 0.632. The molecule has 0 unspecified atom stereocenters. The van der Waals surface area contributed by atoms with Crippen molar-refractivity contribution in [3.05, 3.63) is 59.7 Å². The zero-order chi connectivity index (χ0) is 18.2. The molecule has 2 aromatic rings. The van der Waals surface area contributed by atoms with Gasteiger partial charge in [-0.05, 0) is 48.2 Å². The van der Waals surface area contributed by atoms with Crippen molar-refractivity contribution in [3.63, 3.8) is 0 Å². The van der Waals surface area contributed by atoms with Gasteiger partial charge in [-0.1, -0.05) is 82.1 Å². The topological polar surface area (TPSA) is 40.5 Å². The predicted molar refractivity (Wildman–Crippen MR) is 108 cm³/mol. The molecule has 0 heterocycles. The molecular weight excluding hydrogens is 320 g/mol. The second-order valence-corrected chi connectivity index (χ2v) is 7.86. The predicted octanol–water partition coefficient (Wildman–Crippen LogP) is 6.69. The van der Waals surface area contributed by atoms with E-state index in [0.717, 1.165) is 12.8 Å². The number of benzene rings is 2. The summed E-state index contributed by atoms with van der Waals surface area (Å²) < 4.78 is 0. The van der Waals surface area contributed by atoms with Gasteiger partial charge >= 0.3 is 0 Å². The molecular formula is C24H32O2. The van der Waals surface area contributed by atoms with Crippen molar-refractivity contribution in [3.8, 4) is 11.5 Å². The zero-order valence-corrected chi connectivity index (χ0v) is 15.8. The molecule has 26 heavy (non-hydrogen) atoms. The van der Waals surface area contributed by atoms with Crippen molar-refractivity contribution in [1.82, 2.24) is 0 Å². The van der Waals surface area contributed by atoms with E-state index in [1.807, 2.05) is 24.3 Å². The average Bonchev–Trinajstić information content (AvgIpc) is 2.64. The van der Waals surface area contributed by atoms with Gasteiger partial charge in [0.25, 0.3) is 0 Å². The molecule has 0 bridgehead atoms. The van der Waals surface area contributed by atoms with Crippen LogP contribution in [0.1, 0.15) is 81.8 Å². The molecule has 3 rings (SSSR count). The van der Waals surface area contributed by atoms with Crippen LogP contribution in [0.15, 0.2) is 48.5 Å². The first-order valence-corrected chi connectivity index (χ1v) is 10.3. The Morgan fingerprint density at radius 3 is 1.12 bits per heavy atom. The zero-order valence-electron chi connectivity index (χ0n) is 15.8. The third kappa shape index (κ3) is 4.60. The van der Waals surface area contributed by atoms with Gasteiger partial charge in [-0.15, -0.1) is 0 Å². The summed E-state index contributed by atoms with van der Waals surface area (Å²) in [7, 11) is 0. The van der Waals surface area contributed by atoms with Gasteiger partial charge in [-0.3, -0.25) is 0 Å². The number of hydrogen-bond donors (Lipinski definition) is 2. The van der Waals surface area contributed by atoms with Gasteiger partial charge in [0.2, 0.25) is 0 Å². The molecule has 2 aromatic carbocycles. The Kier molecular flexibility index (Phi) is 6.60. The Hall–Kier alpha value is -1.96. The maximum absolute atomic E-state index is 9.76. The summed E-state index contributed by atoms with van der Waals surface area (Å²) >= 11 is 0. The highest BCUT2D eigenvalue weighted by atomic mass is 16.3. The number of hydrogen-bond acceptors (Lipinski definition) is 2. The third-order valence-electron chi connectivity index (χ3n) is 6.05.